The summed E-state index contributed by atoms with van der Waals surface area (Å²) in [6.45, 7) is 7.79. The van der Waals surface area contributed by atoms with Gasteiger partial charge in [-0.25, -0.2) is 0 Å². The molecule has 3 N–H and O–H groups in total. The van der Waals surface area contributed by atoms with Gasteiger partial charge in [0.2, 0.25) is 5.91 Å². The van der Waals surface area contributed by atoms with E-state index >= 15 is 0 Å². The molecule has 0 spiro atoms. The van der Waals surface area contributed by atoms with Crippen molar-refractivity contribution in [2.45, 2.75) is 45.6 Å². The lowest BCUT2D eigenvalue weighted by molar-refractivity contribution is -0.117. The summed E-state index contributed by atoms with van der Waals surface area (Å²) in [6, 6.07) is 9.06. The molecule has 0 bridgehead atoms. The van der Waals surface area contributed by atoms with Crippen LogP contribution in [-0.4, -0.2) is 11.9 Å². The van der Waals surface area contributed by atoms with Crippen molar-refractivity contribution in [2.24, 2.45) is 11.7 Å². The van der Waals surface area contributed by atoms with Gasteiger partial charge >= 0.3 is 0 Å². The van der Waals surface area contributed by atoms with E-state index in [1.807, 2.05) is 39.8 Å². The third-order valence-corrected chi connectivity index (χ3v) is 3.22. The lowest BCUT2D eigenvalue weighted by atomic mass is 9.86. The molecular formula is C16H23N3O. The molecule has 0 heterocycles. The highest BCUT2D eigenvalue weighted by atomic mass is 16.2. The molecule has 0 aliphatic rings. The molecule has 0 radical (unpaired) electrons. The standard InChI is InChI=1S/C16H23N3O/c1-11(2)9-14(18)15(20)19-13-7-5-12(6-8-13)16(3,4)10-17/h5-8,11,14H,9,18H2,1-4H3,(H,19,20). The number of hydrogen-bond acceptors (Lipinski definition) is 3. The van der Waals surface area contributed by atoms with Crippen molar-refractivity contribution in [1.29, 1.82) is 5.26 Å². The van der Waals surface area contributed by atoms with E-state index in [-0.39, 0.29) is 5.91 Å². The van der Waals surface area contributed by atoms with Crippen LogP contribution in [0.25, 0.3) is 0 Å². The minimum Gasteiger partial charge on any atom is -0.325 e. The van der Waals surface area contributed by atoms with Crippen molar-refractivity contribution in [3.05, 3.63) is 29.8 Å². The maximum Gasteiger partial charge on any atom is 0.241 e. The molecule has 1 aromatic rings. The smallest absolute Gasteiger partial charge is 0.241 e. The SMILES string of the molecule is CC(C)CC(N)C(=O)Nc1ccc(C(C)(C)C#N)cc1. The van der Waals surface area contributed by atoms with Crippen molar-refractivity contribution < 1.29 is 4.79 Å². The van der Waals surface area contributed by atoms with Gasteiger partial charge in [0.15, 0.2) is 0 Å². The number of nitrogens with two attached hydrogens (primary N) is 1. The number of carbonyl (C=O) groups excluding carboxylic acids is 1. The lowest BCUT2D eigenvalue weighted by Crippen LogP contribution is -2.36. The molecule has 1 amide bonds. The summed E-state index contributed by atoms with van der Waals surface area (Å²) in [4.78, 5) is 11.9. The fraction of sp³-hybridized carbons (Fsp3) is 0.500. The maximum atomic E-state index is 11.9. The van der Waals surface area contributed by atoms with Crippen molar-refractivity contribution in [1.82, 2.24) is 0 Å². The molecule has 1 aromatic carbocycles. The summed E-state index contributed by atoms with van der Waals surface area (Å²) in [5.74, 6) is 0.209. The van der Waals surface area contributed by atoms with Gasteiger partial charge in [-0.1, -0.05) is 26.0 Å². The summed E-state index contributed by atoms with van der Waals surface area (Å²) >= 11 is 0. The minimum absolute atomic E-state index is 0.175. The largest absolute Gasteiger partial charge is 0.325 e. The number of nitrogens with one attached hydrogen (secondary N) is 1. The van der Waals surface area contributed by atoms with Crippen molar-refractivity contribution in [3.8, 4) is 6.07 Å². The molecule has 0 aliphatic carbocycles. The van der Waals surface area contributed by atoms with Crippen LogP contribution in [0.3, 0.4) is 0 Å². The van der Waals surface area contributed by atoms with E-state index in [1.165, 1.54) is 0 Å². The number of benzene rings is 1. The molecule has 4 heteroatoms. The second kappa shape index (κ2) is 6.53. The van der Waals surface area contributed by atoms with E-state index in [2.05, 4.69) is 11.4 Å². The zero-order chi connectivity index (χ0) is 15.3. The zero-order valence-electron chi connectivity index (χ0n) is 12.6. The normalized spacial score (nSPS) is 12.8. The van der Waals surface area contributed by atoms with Crippen LogP contribution >= 0.6 is 0 Å². The quantitative estimate of drug-likeness (QED) is 0.865. The van der Waals surface area contributed by atoms with E-state index < -0.39 is 11.5 Å². The van der Waals surface area contributed by atoms with Gasteiger partial charge in [-0.3, -0.25) is 4.79 Å². The first-order valence-electron chi connectivity index (χ1n) is 6.84. The molecule has 1 atom stereocenters. The minimum atomic E-state index is -0.531. The van der Waals surface area contributed by atoms with Crippen LogP contribution in [0.4, 0.5) is 5.69 Å². The van der Waals surface area contributed by atoms with E-state index in [9.17, 15) is 4.79 Å². The topological polar surface area (TPSA) is 78.9 Å². The highest BCUT2D eigenvalue weighted by molar-refractivity contribution is 5.94. The fourth-order valence-corrected chi connectivity index (χ4v) is 1.88. The summed E-state index contributed by atoms with van der Waals surface area (Å²) in [7, 11) is 0. The van der Waals surface area contributed by atoms with Gasteiger partial charge < -0.3 is 11.1 Å². The Morgan fingerprint density at radius 2 is 1.90 bits per heavy atom. The van der Waals surface area contributed by atoms with Crippen LogP contribution in [0.2, 0.25) is 0 Å². The average molecular weight is 273 g/mol. The van der Waals surface area contributed by atoms with E-state index in [4.69, 9.17) is 11.0 Å². The van der Waals surface area contributed by atoms with Crippen molar-refractivity contribution >= 4 is 11.6 Å². The first-order valence-corrected chi connectivity index (χ1v) is 6.84. The summed E-state index contributed by atoms with van der Waals surface area (Å²) in [5.41, 5.74) is 6.92. The lowest BCUT2D eigenvalue weighted by Gasteiger charge is -2.17. The number of hydrogen-bond donors (Lipinski definition) is 2. The fourth-order valence-electron chi connectivity index (χ4n) is 1.88. The Hall–Kier alpha value is -1.86. The molecule has 20 heavy (non-hydrogen) atoms. The number of amides is 1. The van der Waals surface area contributed by atoms with Gasteiger partial charge in [0.25, 0.3) is 0 Å². The van der Waals surface area contributed by atoms with Crippen LogP contribution in [0.1, 0.15) is 39.7 Å². The molecule has 0 aliphatic heterocycles. The Bertz CT molecular complexity index is 497. The van der Waals surface area contributed by atoms with Crippen LogP contribution < -0.4 is 11.1 Å². The molecule has 0 aromatic heterocycles. The van der Waals surface area contributed by atoms with Crippen molar-refractivity contribution in [3.63, 3.8) is 0 Å². The van der Waals surface area contributed by atoms with Crippen molar-refractivity contribution in [2.75, 3.05) is 5.32 Å². The van der Waals surface area contributed by atoms with Gasteiger partial charge in [-0.15, -0.1) is 0 Å². The molecule has 108 valence electrons. The van der Waals surface area contributed by atoms with Crippen LogP contribution in [-0.2, 0) is 10.2 Å². The van der Waals surface area contributed by atoms with Gasteiger partial charge in [0.05, 0.1) is 17.5 Å². The average Bonchev–Trinajstić information content (AvgIpc) is 2.38. The highest BCUT2D eigenvalue weighted by Crippen LogP contribution is 2.23. The van der Waals surface area contributed by atoms with E-state index in [0.29, 0.717) is 18.0 Å². The number of carbonyl (C=O) groups is 1. The van der Waals surface area contributed by atoms with E-state index in [1.54, 1.807) is 12.1 Å². The molecule has 1 rings (SSSR count). The second-order valence-corrected chi connectivity index (χ2v) is 6.04. The second-order valence-electron chi connectivity index (χ2n) is 6.04. The predicted octanol–water partition coefficient (Wildman–Crippen LogP) is 2.80. The molecule has 1 unspecified atom stereocenters. The van der Waals surface area contributed by atoms with Crippen LogP contribution in [0.5, 0.6) is 0 Å². The Morgan fingerprint density at radius 3 is 2.35 bits per heavy atom. The zero-order valence-corrected chi connectivity index (χ0v) is 12.6. The Morgan fingerprint density at radius 1 is 1.35 bits per heavy atom. The Balaban J connectivity index is 2.71. The number of nitrogens with zero attached hydrogens (tertiary/aromatic N) is 1. The third-order valence-electron chi connectivity index (χ3n) is 3.22. The summed E-state index contributed by atoms with van der Waals surface area (Å²) < 4.78 is 0. The number of nitriles is 1. The predicted molar refractivity (Wildman–Crippen MR) is 81.1 cm³/mol. The van der Waals surface area contributed by atoms with Gasteiger partial charge in [0, 0.05) is 5.69 Å². The monoisotopic (exact) mass is 273 g/mol. The number of rotatable bonds is 5. The van der Waals surface area contributed by atoms with Gasteiger partial charge in [-0.05, 0) is 43.9 Å². The first-order chi connectivity index (χ1) is 9.26. The maximum absolute atomic E-state index is 11.9. The Kier molecular flexibility index (Phi) is 5.29. The van der Waals surface area contributed by atoms with Crippen LogP contribution in [0.15, 0.2) is 24.3 Å². The Labute approximate surface area is 121 Å². The van der Waals surface area contributed by atoms with Crippen LogP contribution in [0, 0.1) is 17.2 Å². The molecule has 0 fully saturated rings. The molecule has 4 nitrogen and oxygen atoms in total. The first kappa shape index (κ1) is 16.2. The summed E-state index contributed by atoms with van der Waals surface area (Å²) in [5, 5.41) is 11.9. The van der Waals surface area contributed by atoms with Gasteiger partial charge in [-0.2, -0.15) is 5.26 Å². The third kappa shape index (κ3) is 4.36. The number of anilines is 1. The molecule has 0 saturated heterocycles. The molecular weight excluding hydrogens is 250 g/mol. The summed E-state index contributed by atoms with van der Waals surface area (Å²) in [6.07, 6.45) is 0.658. The van der Waals surface area contributed by atoms with Gasteiger partial charge in [0.1, 0.15) is 0 Å². The molecule has 0 saturated carbocycles. The highest BCUT2D eigenvalue weighted by Gasteiger charge is 2.20. The van der Waals surface area contributed by atoms with E-state index in [0.717, 1.165) is 5.56 Å².